The highest BCUT2D eigenvalue weighted by Gasteiger charge is 2.04. The van der Waals surface area contributed by atoms with Crippen LogP contribution in [0.2, 0.25) is 5.02 Å². The van der Waals surface area contributed by atoms with Gasteiger partial charge in [-0.1, -0.05) is 48.0 Å². The number of rotatable bonds is 5. The molecule has 0 unspecified atom stereocenters. The van der Waals surface area contributed by atoms with Gasteiger partial charge >= 0.3 is 0 Å². The van der Waals surface area contributed by atoms with Crippen molar-refractivity contribution in [1.29, 1.82) is 0 Å². The van der Waals surface area contributed by atoms with E-state index in [4.69, 9.17) is 11.6 Å². The number of carbonyl (C=O) groups is 1. The van der Waals surface area contributed by atoms with Gasteiger partial charge in [-0.2, -0.15) is 5.10 Å². The molecule has 0 saturated carbocycles. The molecule has 0 aliphatic heterocycles. The van der Waals surface area contributed by atoms with Crippen LogP contribution in [0.5, 0.6) is 0 Å². The summed E-state index contributed by atoms with van der Waals surface area (Å²) < 4.78 is 0. The van der Waals surface area contributed by atoms with Crippen LogP contribution in [0.15, 0.2) is 59.7 Å². The molecule has 21 heavy (non-hydrogen) atoms. The standard InChI is InChI=1S/C16H16ClN3O/c1-12(14-9-5-6-10-15(14)17)19-20-16(21)11-18-13-7-3-2-4-8-13/h2-10,18H,11H2,1H3,(H,20,21)/b19-12+. The molecule has 4 nitrogen and oxygen atoms in total. The molecule has 0 radical (unpaired) electrons. The summed E-state index contributed by atoms with van der Waals surface area (Å²) in [5.41, 5.74) is 4.86. The largest absolute Gasteiger partial charge is 0.376 e. The lowest BCUT2D eigenvalue weighted by Crippen LogP contribution is -2.26. The molecule has 2 N–H and O–H groups in total. The van der Waals surface area contributed by atoms with E-state index in [1.54, 1.807) is 13.0 Å². The number of nitrogens with one attached hydrogen (secondary N) is 2. The Bertz CT molecular complexity index is 641. The van der Waals surface area contributed by atoms with E-state index in [9.17, 15) is 4.79 Å². The number of hydrogen-bond acceptors (Lipinski definition) is 3. The Morgan fingerprint density at radius 1 is 1.10 bits per heavy atom. The maximum absolute atomic E-state index is 11.7. The summed E-state index contributed by atoms with van der Waals surface area (Å²) in [6, 6.07) is 16.9. The van der Waals surface area contributed by atoms with Gasteiger partial charge < -0.3 is 5.32 Å². The maximum atomic E-state index is 11.7. The highest BCUT2D eigenvalue weighted by Crippen LogP contribution is 2.15. The van der Waals surface area contributed by atoms with Crippen molar-refractivity contribution in [2.75, 3.05) is 11.9 Å². The normalized spacial score (nSPS) is 11.0. The summed E-state index contributed by atoms with van der Waals surface area (Å²) in [4.78, 5) is 11.7. The van der Waals surface area contributed by atoms with Crippen LogP contribution in [0.4, 0.5) is 5.69 Å². The van der Waals surface area contributed by atoms with Crippen molar-refractivity contribution in [3.05, 3.63) is 65.2 Å². The van der Waals surface area contributed by atoms with Gasteiger partial charge in [0.15, 0.2) is 0 Å². The highest BCUT2D eigenvalue weighted by molar-refractivity contribution is 6.34. The van der Waals surface area contributed by atoms with E-state index in [-0.39, 0.29) is 12.5 Å². The van der Waals surface area contributed by atoms with Crippen molar-refractivity contribution in [1.82, 2.24) is 5.43 Å². The molecule has 2 rings (SSSR count). The highest BCUT2D eigenvalue weighted by atomic mass is 35.5. The van der Waals surface area contributed by atoms with E-state index in [1.807, 2.05) is 48.5 Å². The summed E-state index contributed by atoms with van der Waals surface area (Å²) in [7, 11) is 0. The number of benzene rings is 2. The van der Waals surface area contributed by atoms with Crippen molar-refractivity contribution in [3.8, 4) is 0 Å². The van der Waals surface area contributed by atoms with Crippen LogP contribution < -0.4 is 10.7 Å². The molecular weight excluding hydrogens is 286 g/mol. The number of hydrogen-bond donors (Lipinski definition) is 2. The van der Waals surface area contributed by atoms with Crippen LogP contribution in [0.3, 0.4) is 0 Å². The van der Waals surface area contributed by atoms with Gasteiger partial charge in [-0.05, 0) is 25.1 Å². The Morgan fingerprint density at radius 2 is 1.76 bits per heavy atom. The Balaban J connectivity index is 1.88. The first-order valence-corrected chi connectivity index (χ1v) is 6.91. The molecule has 108 valence electrons. The fourth-order valence-corrected chi connectivity index (χ4v) is 2.01. The second-order valence-corrected chi connectivity index (χ2v) is 4.84. The molecule has 0 spiro atoms. The molecule has 5 heteroatoms. The van der Waals surface area contributed by atoms with Gasteiger partial charge in [0.05, 0.1) is 12.3 Å². The minimum Gasteiger partial charge on any atom is -0.376 e. The summed E-state index contributed by atoms with van der Waals surface area (Å²) >= 11 is 6.07. The van der Waals surface area contributed by atoms with Crippen LogP contribution in [0.1, 0.15) is 12.5 Å². The summed E-state index contributed by atoms with van der Waals surface area (Å²) in [6.07, 6.45) is 0. The lowest BCUT2D eigenvalue weighted by molar-refractivity contribution is -0.119. The number of nitrogens with zero attached hydrogens (tertiary/aromatic N) is 1. The molecular formula is C16H16ClN3O. The first-order chi connectivity index (χ1) is 10.2. The van der Waals surface area contributed by atoms with E-state index in [0.29, 0.717) is 10.7 Å². The molecule has 0 saturated heterocycles. The third-order valence-corrected chi connectivity index (χ3v) is 3.17. The van der Waals surface area contributed by atoms with E-state index >= 15 is 0 Å². The van der Waals surface area contributed by atoms with Gasteiger partial charge in [-0.3, -0.25) is 4.79 Å². The average Bonchev–Trinajstić information content (AvgIpc) is 2.52. The van der Waals surface area contributed by atoms with Gasteiger partial charge in [-0.15, -0.1) is 0 Å². The van der Waals surface area contributed by atoms with Crippen molar-refractivity contribution in [3.63, 3.8) is 0 Å². The third-order valence-electron chi connectivity index (χ3n) is 2.84. The molecule has 0 aliphatic carbocycles. The molecule has 0 aromatic heterocycles. The van der Waals surface area contributed by atoms with Gasteiger partial charge in [0.1, 0.15) is 0 Å². The van der Waals surface area contributed by atoms with Gasteiger partial charge in [0.25, 0.3) is 5.91 Å². The number of para-hydroxylation sites is 1. The molecule has 2 aromatic rings. The molecule has 2 aromatic carbocycles. The van der Waals surface area contributed by atoms with Crippen molar-refractivity contribution < 1.29 is 4.79 Å². The minimum atomic E-state index is -0.217. The van der Waals surface area contributed by atoms with Crippen LogP contribution in [0, 0.1) is 0 Å². The predicted molar refractivity (Wildman–Crippen MR) is 86.7 cm³/mol. The molecule has 0 fully saturated rings. The fourth-order valence-electron chi connectivity index (χ4n) is 1.74. The Kier molecular flexibility index (Phi) is 5.35. The summed E-state index contributed by atoms with van der Waals surface area (Å²) in [5.74, 6) is -0.217. The Morgan fingerprint density at radius 3 is 2.48 bits per heavy atom. The van der Waals surface area contributed by atoms with Crippen LogP contribution in [-0.2, 0) is 4.79 Å². The molecule has 0 heterocycles. The Hall–Kier alpha value is -2.33. The summed E-state index contributed by atoms with van der Waals surface area (Å²) in [5, 5.41) is 7.68. The zero-order chi connectivity index (χ0) is 15.1. The number of hydrazone groups is 1. The Labute approximate surface area is 128 Å². The first-order valence-electron chi connectivity index (χ1n) is 6.54. The van der Waals surface area contributed by atoms with E-state index in [2.05, 4.69) is 15.8 Å². The van der Waals surface area contributed by atoms with E-state index < -0.39 is 0 Å². The zero-order valence-electron chi connectivity index (χ0n) is 11.6. The van der Waals surface area contributed by atoms with Crippen molar-refractivity contribution in [2.45, 2.75) is 6.92 Å². The van der Waals surface area contributed by atoms with Crippen LogP contribution in [-0.4, -0.2) is 18.2 Å². The maximum Gasteiger partial charge on any atom is 0.259 e. The molecule has 1 amide bonds. The number of carbonyl (C=O) groups excluding carboxylic acids is 1. The molecule has 0 bridgehead atoms. The van der Waals surface area contributed by atoms with Gasteiger partial charge in [0, 0.05) is 16.3 Å². The SMILES string of the molecule is C/C(=N\NC(=O)CNc1ccccc1)c1ccccc1Cl. The van der Waals surface area contributed by atoms with Gasteiger partial charge in [0.2, 0.25) is 0 Å². The lowest BCUT2D eigenvalue weighted by atomic mass is 10.1. The molecule has 0 atom stereocenters. The topological polar surface area (TPSA) is 53.5 Å². The third kappa shape index (κ3) is 4.61. The zero-order valence-corrected chi connectivity index (χ0v) is 12.4. The summed E-state index contributed by atoms with van der Waals surface area (Å²) in [6.45, 7) is 1.95. The van der Waals surface area contributed by atoms with E-state index in [0.717, 1.165) is 11.3 Å². The first kappa shape index (κ1) is 15.1. The number of halogens is 1. The quantitative estimate of drug-likeness (QED) is 0.658. The smallest absolute Gasteiger partial charge is 0.259 e. The van der Waals surface area contributed by atoms with Crippen LogP contribution in [0.25, 0.3) is 0 Å². The van der Waals surface area contributed by atoms with Crippen LogP contribution >= 0.6 is 11.6 Å². The van der Waals surface area contributed by atoms with Crippen molar-refractivity contribution >= 4 is 28.9 Å². The number of anilines is 1. The second kappa shape index (κ2) is 7.45. The van der Waals surface area contributed by atoms with Gasteiger partial charge in [-0.25, -0.2) is 5.43 Å². The second-order valence-electron chi connectivity index (χ2n) is 4.43. The minimum absolute atomic E-state index is 0.156. The fraction of sp³-hybridized carbons (Fsp3) is 0.125. The monoisotopic (exact) mass is 301 g/mol. The number of amides is 1. The van der Waals surface area contributed by atoms with E-state index in [1.165, 1.54) is 0 Å². The predicted octanol–water partition coefficient (Wildman–Crippen LogP) is 3.29. The lowest BCUT2D eigenvalue weighted by Gasteiger charge is -2.06. The molecule has 0 aliphatic rings. The van der Waals surface area contributed by atoms with Crippen molar-refractivity contribution in [2.24, 2.45) is 5.10 Å². The average molecular weight is 302 g/mol.